The Labute approximate surface area is 212 Å². The van der Waals surface area contributed by atoms with Gasteiger partial charge in [0, 0.05) is 30.2 Å². The molecule has 0 amide bonds. The Hall–Kier alpha value is -2.98. The van der Waals surface area contributed by atoms with Crippen LogP contribution in [0.3, 0.4) is 0 Å². The number of allylic oxidation sites excluding steroid dienone is 4. The molecule has 0 fully saturated rings. The van der Waals surface area contributed by atoms with Gasteiger partial charge in [0.1, 0.15) is 5.84 Å². The highest BCUT2D eigenvalue weighted by Crippen LogP contribution is 2.35. The summed E-state index contributed by atoms with van der Waals surface area (Å²) in [5, 5.41) is 3.67. The molecule has 5 rings (SSSR count). The van der Waals surface area contributed by atoms with Crippen molar-refractivity contribution in [2.45, 2.75) is 59.4 Å². The van der Waals surface area contributed by atoms with Crippen molar-refractivity contribution in [3.8, 4) is 0 Å². The maximum Gasteiger partial charge on any atom is 0.130 e. The van der Waals surface area contributed by atoms with Crippen molar-refractivity contribution in [1.82, 2.24) is 9.88 Å². The number of hydrogen-bond donors (Lipinski definition) is 1. The number of dihydropyridines is 1. The smallest absolute Gasteiger partial charge is 0.130 e. The van der Waals surface area contributed by atoms with Crippen LogP contribution in [0, 0.1) is 6.42 Å². The van der Waals surface area contributed by atoms with E-state index in [1.54, 1.807) is 5.57 Å². The number of anilines is 1. The lowest BCUT2D eigenvalue weighted by Gasteiger charge is -2.27. The second-order valence-corrected chi connectivity index (χ2v) is 8.62. The molecule has 3 heterocycles. The lowest BCUT2D eigenvalue weighted by atomic mass is 9.90. The molecule has 1 aromatic heterocycles. The first-order valence-corrected chi connectivity index (χ1v) is 13.2. The average Bonchev–Trinajstić information content (AvgIpc) is 3.13. The number of amidine groups is 1. The van der Waals surface area contributed by atoms with Crippen molar-refractivity contribution in [3.63, 3.8) is 0 Å². The molecule has 1 atom stereocenters. The molecule has 1 N–H and O–H groups in total. The van der Waals surface area contributed by atoms with Crippen LogP contribution in [0.2, 0.25) is 0 Å². The van der Waals surface area contributed by atoms with E-state index in [1.807, 2.05) is 40.1 Å². The van der Waals surface area contributed by atoms with Gasteiger partial charge in [-0.3, -0.25) is 9.98 Å². The minimum absolute atomic E-state index is 0.154. The molecule has 0 bridgehead atoms. The fraction of sp³-hybridized carbons (Fsp3) is 0.387. The molecule has 1 unspecified atom stereocenters. The van der Waals surface area contributed by atoms with Crippen molar-refractivity contribution in [3.05, 3.63) is 95.7 Å². The van der Waals surface area contributed by atoms with Gasteiger partial charge in [0.15, 0.2) is 0 Å². The molecule has 0 spiro atoms. The van der Waals surface area contributed by atoms with Gasteiger partial charge in [-0.05, 0) is 86.7 Å². The Morgan fingerprint density at radius 3 is 2.37 bits per heavy atom. The van der Waals surface area contributed by atoms with Gasteiger partial charge in [-0.2, -0.15) is 0 Å². The zero-order chi connectivity index (χ0) is 25.0. The Morgan fingerprint density at radius 1 is 0.943 bits per heavy atom. The van der Waals surface area contributed by atoms with Crippen LogP contribution in [-0.4, -0.2) is 35.9 Å². The predicted octanol–water partition coefficient (Wildman–Crippen LogP) is 7.66. The molecule has 0 saturated heterocycles. The van der Waals surface area contributed by atoms with E-state index in [-0.39, 0.29) is 6.04 Å². The molecular weight excluding hydrogens is 428 g/mol. The molecule has 2 aromatic rings. The minimum Gasteiger partial charge on any atom is -0.340 e. The third kappa shape index (κ3) is 7.02. The number of hydrogen-bond acceptors (Lipinski definition) is 4. The van der Waals surface area contributed by atoms with E-state index in [0.717, 1.165) is 43.9 Å². The van der Waals surface area contributed by atoms with Crippen LogP contribution in [0.5, 0.6) is 0 Å². The number of likely N-dealkylation sites (N-methyl/N-ethyl adjacent to an activating group) is 1. The van der Waals surface area contributed by atoms with E-state index < -0.39 is 0 Å². The molecular formula is C31H41N4. The van der Waals surface area contributed by atoms with Gasteiger partial charge in [-0.25, -0.2) is 0 Å². The van der Waals surface area contributed by atoms with E-state index in [4.69, 9.17) is 4.99 Å². The molecule has 1 aliphatic carbocycles. The highest BCUT2D eigenvalue weighted by Gasteiger charge is 2.27. The molecule has 4 nitrogen and oxygen atoms in total. The number of aliphatic imine (C=N–C) groups is 1. The van der Waals surface area contributed by atoms with Crippen LogP contribution in [0.4, 0.5) is 5.69 Å². The fourth-order valence-electron chi connectivity index (χ4n) is 4.67. The topological polar surface area (TPSA) is 40.5 Å². The van der Waals surface area contributed by atoms with Crippen LogP contribution >= 0.6 is 0 Å². The van der Waals surface area contributed by atoms with Crippen molar-refractivity contribution in [1.29, 1.82) is 0 Å². The average molecular weight is 470 g/mol. The predicted molar refractivity (Wildman–Crippen MR) is 152 cm³/mol. The summed E-state index contributed by atoms with van der Waals surface area (Å²) in [5.41, 5.74) is 7.90. The maximum atomic E-state index is 5.19. The maximum absolute atomic E-state index is 5.19. The van der Waals surface area contributed by atoms with Gasteiger partial charge in [-0.1, -0.05) is 63.6 Å². The zero-order valence-electron chi connectivity index (χ0n) is 22.1. The van der Waals surface area contributed by atoms with Crippen LogP contribution in [-0.2, 0) is 0 Å². The van der Waals surface area contributed by atoms with E-state index in [1.165, 1.54) is 28.7 Å². The van der Waals surface area contributed by atoms with Crippen LogP contribution in [0.1, 0.15) is 70.5 Å². The van der Waals surface area contributed by atoms with Crippen LogP contribution in [0.15, 0.2) is 83.2 Å². The SMILES string of the molecule is CC.CC.CN1CCCC2=C(C1)C(Nc1ccc(C3=CC=C[CH]C3)cc1)=NC(c1ccncc1)C2. The number of nitrogens with one attached hydrogen (secondary N) is 1. The highest BCUT2D eigenvalue weighted by molar-refractivity contribution is 6.09. The lowest BCUT2D eigenvalue weighted by Crippen LogP contribution is -2.29. The van der Waals surface area contributed by atoms with Crippen LogP contribution < -0.4 is 5.32 Å². The first kappa shape index (κ1) is 26.6. The Morgan fingerprint density at radius 2 is 1.69 bits per heavy atom. The van der Waals surface area contributed by atoms with E-state index >= 15 is 0 Å². The molecule has 4 heteroatoms. The molecule has 3 aliphatic rings. The summed E-state index contributed by atoms with van der Waals surface area (Å²) in [5.74, 6) is 1.03. The summed E-state index contributed by atoms with van der Waals surface area (Å²) < 4.78 is 0. The second kappa shape index (κ2) is 13.8. The van der Waals surface area contributed by atoms with Gasteiger partial charge in [0.2, 0.25) is 0 Å². The summed E-state index contributed by atoms with van der Waals surface area (Å²) in [7, 11) is 2.21. The first-order chi connectivity index (χ1) is 17.3. The summed E-state index contributed by atoms with van der Waals surface area (Å²) in [6.07, 6.45) is 16.7. The number of nitrogens with zero attached hydrogens (tertiary/aromatic N) is 3. The van der Waals surface area contributed by atoms with Gasteiger partial charge < -0.3 is 10.2 Å². The first-order valence-electron chi connectivity index (χ1n) is 13.2. The van der Waals surface area contributed by atoms with E-state index in [0.29, 0.717) is 0 Å². The normalized spacial score (nSPS) is 19.6. The number of aromatic nitrogens is 1. The summed E-state index contributed by atoms with van der Waals surface area (Å²) in [6.45, 7) is 10.1. The third-order valence-electron chi connectivity index (χ3n) is 6.38. The number of pyridine rings is 1. The summed E-state index contributed by atoms with van der Waals surface area (Å²) in [4.78, 5) is 11.8. The molecule has 185 valence electrons. The van der Waals surface area contributed by atoms with Crippen molar-refractivity contribution in [2.75, 3.05) is 25.5 Å². The number of benzene rings is 1. The summed E-state index contributed by atoms with van der Waals surface area (Å²) >= 11 is 0. The zero-order valence-corrected chi connectivity index (χ0v) is 22.1. The van der Waals surface area contributed by atoms with Crippen molar-refractivity contribution in [2.24, 2.45) is 4.99 Å². The van der Waals surface area contributed by atoms with E-state index in [9.17, 15) is 0 Å². The second-order valence-electron chi connectivity index (χ2n) is 8.62. The molecule has 1 aromatic carbocycles. The Kier molecular flexibility index (Phi) is 10.5. The minimum atomic E-state index is 0.154. The van der Waals surface area contributed by atoms with Crippen LogP contribution in [0.25, 0.3) is 5.57 Å². The monoisotopic (exact) mass is 469 g/mol. The molecule has 0 saturated carbocycles. The lowest BCUT2D eigenvalue weighted by molar-refractivity contribution is 0.369. The number of rotatable bonds is 3. The fourth-order valence-corrected chi connectivity index (χ4v) is 4.67. The molecule has 35 heavy (non-hydrogen) atoms. The molecule has 1 radical (unpaired) electrons. The molecule has 2 aliphatic heterocycles. The van der Waals surface area contributed by atoms with Gasteiger partial charge in [0.25, 0.3) is 0 Å². The van der Waals surface area contributed by atoms with E-state index in [2.05, 4.69) is 83.3 Å². The van der Waals surface area contributed by atoms with Crippen molar-refractivity contribution >= 4 is 17.1 Å². The van der Waals surface area contributed by atoms with Crippen molar-refractivity contribution < 1.29 is 0 Å². The summed E-state index contributed by atoms with van der Waals surface area (Å²) in [6, 6.07) is 13.1. The largest absolute Gasteiger partial charge is 0.340 e. The Balaban J connectivity index is 0.000000815. The highest BCUT2D eigenvalue weighted by atomic mass is 15.1. The van der Waals surface area contributed by atoms with Gasteiger partial charge in [0.05, 0.1) is 6.04 Å². The third-order valence-corrected chi connectivity index (χ3v) is 6.38. The quantitative estimate of drug-likeness (QED) is 0.501. The Bertz CT molecular complexity index is 1050. The standard InChI is InChI=1S/C27H29N4.2C2H6/c1-31-17-5-8-23-18-26(22-13-15-28-16-14-22)30-27(25(23)19-31)29-24-11-9-21(10-12-24)20-6-3-2-4-7-20;2*1-2/h2-4,6,9-16,26H,5,7-8,17-19H2,1H3,(H,29,30);2*1-2H3. The van der Waals surface area contributed by atoms with Gasteiger partial charge >= 0.3 is 0 Å². The van der Waals surface area contributed by atoms with Gasteiger partial charge in [-0.15, -0.1) is 0 Å².